The van der Waals surface area contributed by atoms with Crippen molar-refractivity contribution in [1.82, 2.24) is 19.8 Å². The fourth-order valence-corrected chi connectivity index (χ4v) is 6.58. The van der Waals surface area contributed by atoms with Crippen LogP contribution in [0.15, 0.2) is 82.7 Å². The van der Waals surface area contributed by atoms with Crippen molar-refractivity contribution < 1.29 is 22.7 Å². The lowest BCUT2D eigenvalue weighted by atomic mass is 10.0. The Kier molecular flexibility index (Phi) is 8.86. The topological polar surface area (TPSA) is 102 Å². The summed E-state index contributed by atoms with van der Waals surface area (Å²) in [6.07, 6.45) is -0.598. The molecule has 0 unspecified atom stereocenters. The van der Waals surface area contributed by atoms with Crippen LogP contribution in [0.4, 0.5) is 18.9 Å². The zero-order chi connectivity index (χ0) is 31.6. The molecule has 234 valence electrons. The molecule has 2 heterocycles. The second kappa shape index (κ2) is 13.0. The molecule has 0 bridgehead atoms. The van der Waals surface area contributed by atoms with Crippen molar-refractivity contribution in [2.24, 2.45) is 0 Å². The first-order valence-electron chi connectivity index (χ1n) is 14.7. The Bertz CT molecular complexity index is 1760. The number of benzene rings is 3. The molecular formula is C33H32F3N5O3S. The molecule has 8 nitrogen and oxygen atoms in total. The third kappa shape index (κ3) is 7.02. The Labute approximate surface area is 262 Å². The van der Waals surface area contributed by atoms with E-state index in [4.69, 9.17) is 15.5 Å². The van der Waals surface area contributed by atoms with Gasteiger partial charge in [-0.3, -0.25) is 14.2 Å². The molecule has 3 N–H and O–H groups in total. The average molecular weight is 636 g/mol. The number of rotatable bonds is 9. The molecule has 0 radical (unpaired) electrons. The van der Waals surface area contributed by atoms with E-state index in [2.05, 4.69) is 5.32 Å². The molecule has 12 heteroatoms. The number of fused-ring (bicyclic) bond motifs is 1. The number of nitrogens with zero attached hydrogens (tertiary/aromatic N) is 3. The molecule has 45 heavy (non-hydrogen) atoms. The standard InChI is InChI=1S/C33H32F3N5O3S/c34-33(35,36)22-5-3-6-24(17-22)44-23-13-11-21(12-14-23)18-38-19-30(42)40-16-15-28-26(20-40)31(43)41(29-10-2-1-9-27(29)37)32(39-28)45-25-7-4-8-25/h1-3,5-6,9-14,17,25,38H,4,7-8,15-16,18-20,37H2. The van der Waals surface area contributed by atoms with Crippen molar-refractivity contribution in [3.63, 3.8) is 0 Å². The van der Waals surface area contributed by atoms with Crippen LogP contribution in [0.3, 0.4) is 0 Å². The zero-order valence-corrected chi connectivity index (χ0v) is 25.2. The van der Waals surface area contributed by atoms with Crippen LogP contribution in [-0.4, -0.2) is 38.7 Å². The maximum absolute atomic E-state index is 13.9. The summed E-state index contributed by atoms with van der Waals surface area (Å²) in [5.74, 6) is 0.349. The van der Waals surface area contributed by atoms with Gasteiger partial charge in [0.2, 0.25) is 5.91 Å². The highest BCUT2D eigenvalue weighted by Crippen LogP contribution is 2.37. The van der Waals surface area contributed by atoms with Gasteiger partial charge in [-0.15, -0.1) is 0 Å². The van der Waals surface area contributed by atoms with Crippen LogP contribution in [-0.2, 0) is 30.5 Å². The first kappa shape index (κ1) is 30.7. The van der Waals surface area contributed by atoms with Crippen molar-refractivity contribution in [1.29, 1.82) is 0 Å². The molecule has 0 spiro atoms. The number of nitrogen functional groups attached to an aromatic ring is 1. The van der Waals surface area contributed by atoms with E-state index in [0.717, 1.165) is 36.2 Å². The maximum atomic E-state index is 13.9. The molecule has 1 amide bonds. The fraction of sp³-hybridized carbons (Fsp3) is 0.303. The van der Waals surface area contributed by atoms with Crippen LogP contribution in [0.5, 0.6) is 11.5 Å². The number of carbonyl (C=O) groups is 1. The summed E-state index contributed by atoms with van der Waals surface area (Å²) in [5, 5.41) is 4.22. The van der Waals surface area contributed by atoms with Crippen LogP contribution in [0.1, 0.15) is 41.6 Å². The van der Waals surface area contributed by atoms with Gasteiger partial charge in [-0.2, -0.15) is 13.2 Å². The summed E-state index contributed by atoms with van der Waals surface area (Å²) in [4.78, 5) is 33.6. The monoisotopic (exact) mass is 635 g/mol. The largest absolute Gasteiger partial charge is 0.457 e. The summed E-state index contributed by atoms with van der Waals surface area (Å²) < 4.78 is 46.1. The first-order chi connectivity index (χ1) is 21.7. The lowest BCUT2D eigenvalue weighted by molar-refractivity contribution is -0.137. The number of para-hydroxylation sites is 2. The van der Waals surface area contributed by atoms with Gasteiger partial charge in [0.1, 0.15) is 11.5 Å². The third-order valence-electron chi connectivity index (χ3n) is 7.98. The summed E-state index contributed by atoms with van der Waals surface area (Å²) >= 11 is 1.62. The molecule has 3 aromatic carbocycles. The van der Waals surface area contributed by atoms with Crippen molar-refractivity contribution in [3.8, 4) is 17.2 Å². The van der Waals surface area contributed by atoms with Gasteiger partial charge in [0.15, 0.2) is 5.16 Å². The molecule has 0 atom stereocenters. The number of hydrogen-bond acceptors (Lipinski definition) is 7. The number of hydrogen-bond donors (Lipinski definition) is 2. The molecule has 1 fully saturated rings. The van der Waals surface area contributed by atoms with Crippen LogP contribution in [0, 0.1) is 0 Å². The van der Waals surface area contributed by atoms with Crippen LogP contribution < -0.4 is 21.3 Å². The highest BCUT2D eigenvalue weighted by atomic mass is 32.2. The van der Waals surface area contributed by atoms with Crippen LogP contribution in [0.2, 0.25) is 0 Å². The molecule has 0 saturated heterocycles. The average Bonchev–Trinajstić information content (AvgIpc) is 3.00. The van der Waals surface area contributed by atoms with E-state index in [1.807, 2.05) is 18.2 Å². The van der Waals surface area contributed by atoms with Gasteiger partial charge < -0.3 is 20.7 Å². The number of carbonyl (C=O) groups excluding carboxylic acids is 1. The second-order valence-electron chi connectivity index (χ2n) is 11.1. The number of anilines is 1. The van der Waals surface area contributed by atoms with Gasteiger partial charge in [-0.25, -0.2) is 4.98 Å². The number of thioether (sulfide) groups is 1. The van der Waals surface area contributed by atoms with Crippen molar-refractivity contribution in [2.45, 2.75) is 55.4 Å². The first-order valence-corrected chi connectivity index (χ1v) is 15.6. The summed E-state index contributed by atoms with van der Waals surface area (Å²) in [5.41, 5.74) is 8.48. The number of ether oxygens (including phenoxy) is 1. The number of nitrogens with one attached hydrogen (secondary N) is 1. The minimum Gasteiger partial charge on any atom is -0.457 e. The van der Waals surface area contributed by atoms with Gasteiger partial charge in [0.05, 0.1) is 41.3 Å². The number of nitrogens with two attached hydrogens (primary N) is 1. The van der Waals surface area contributed by atoms with Gasteiger partial charge in [0.25, 0.3) is 5.56 Å². The Hall–Kier alpha value is -4.29. The van der Waals surface area contributed by atoms with Crippen molar-refractivity contribution >= 4 is 23.4 Å². The van der Waals surface area contributed by atoms with Gasteiger partial charge in [-0.1, -0.05) is 48.5 Å². The van der Waals surface area contributed by atoms with Crippen LogP contribution >= 0.6 is 11.8 Å². The number of alkyl halides is 3. The molecular weight excluding hydrogens is 603 g/mol. The van der Waals surface area contributed by atoms with Crippen molar-refractivity contribution in [3.05, 3.63) is 106 Å². The minimum absolute atomic E-state index is 0.0701. The highest BCUT2D eigenvalue weighted by Gasteiger charge is 2.31. The lowest BCUT2D eigenvalue weighted by Gasteiger charge is -2.30. The number of halogens is 3. The van der Waals surface area contributed by atoms with E-state index < -0.39 is 11.7 Å². The quantitative estimate of drug-likeness (QED) is 0.173. The van der Waals surface area contributed by atoms with E-state index in [1.54, 1.807) is 51.6 Å². The summed E-state index contributed by atoms with van der Waals surface area (Å²) in [7, 11) is 0. The Balaban J connectivity index is 1.08. The third-order valence-corrected chi connectivity index (χ3v) is 9.27. The highest BCUT2D eigenvalue weighted by molar-refractivity contribution is 7.99. The summed E-state index contributed by atoms with van der Waals surface area (Å²) in [6, 6.07) is 18.8. The van der Waals surface area contributed by atoms with Gasteiger partial charge >= 0.3 is 6.18 Å². The maximum Gasteiger partial charge on any atom is 0.416 e. The second-order valence-corrected chi connectivity index (χ2v) is 12.4. The molecule has 2 aliphatic rings. The smallest absolute Gasteiger partial charge is 0.416 e. The number of aromatic nitrogens is 2. The SMILES string of the molecule is Nc1ccccc1-n1c(SC2CCC2)nc2c(c1=O)CN(C(=O)CNCc1ccc(Oc3cccc(C(F)(F)F)c3)cc1)CC2. The summed E-state index contributed by atoms with van der Waals surface area (Å²) in [6.45, 7) is 1.10. The predicted molar refractivity (Wildman–Crippen MR) is 167 cm³/mol. The van der Waals surface area contributed by atoms with E-state index in [-0.39, 0.29) is 30.3 Å². The van der Waals surface area contributed by atoms with Gasteiger partial charge in [-0.05, 0) is 60.9 Å². The Morgan fingerprint density at radius 1 is 1.04 bits per heavy atom. The normalized spacial score (nSPS) is 15.0. The van der Waals surface area contributed by atoms with E-state index in [9.17, 15) is 22.8 Å². The lowest BCUT2D eigenvalue weighted by Crippen LogP contribution is -2.44. The van der Waals surface area contributed by atoms with E-state index in [1.165, 1.54) is 18.6 Å². The number of amides is 1. The van der Waals surface area contributed by atoms with Gasteiger partial charge in [0, 0.05) is 24.8 Å². The minimum atomic E-state index is -4.45. The van der Waals surface area contributed by atoms with E-state index >= 15 is 0 Å². The molecule has 6 rings (SSSR count). The van der Waals surface area contributed by atoms with E-state index in [0.29, 0.717) is 52.6 Å². The Morgan fingerprint density at radius 3 is 2.53 bits per heavy atom. The molecule has 1 saturated carbocycles. The zero-order valence-electron chi connectivity index (χ0n) is 24.3. The molecule has 1 aliphatic carbocycles. The van der Waals surface area contributed by atoms with Crippen LogP contribution in [0.25, 0.3) is 5.69 Å². The molecule has 4 aromatic rings. The molecule has 1 aromatic heterocycles. The predicted octanol–water partition coefficient (Wildman–Crippen LogP) is 5.94. The molecule has 1 aliphatic heterocycles. The van der Waals surface area contributed by atoms with Crippen molar-refractivity contribution in [2.75, 3.05) is 18.8 Å². The Morgan fingerprint density at radius 2 is 1.82 bits per heavy atom. The fourth-order valence-electron chi connectivity index (χ4n) is 5.26.